The summed E-state index contributed by atoms with van der Waals surface area (Å²) in [6.45, 7) is -0.228. The molecule has 4 aromatic rings. The molecule has 0 aliphatic carbocycles. The molecule has 4 rings (SSSR count). The molecule has 2 heterocycles. The van der Waals surface area contributed by atoms with Gasteiger partial charge in [-0.3, -0.25) is 14.2 Å². The van der Waals surface area contributed by atoms with Crippen LogP contribution in [0.5, 0.6) is 0 Å². The zero-order chi connectivity index (χ0) is 19.7. The first-order valence-electron chi connectivity index (χ1n) is 8.30. The summed E-state index contributed by atoms with van der Waals surface area (Å²) in [6.07, 6.45) is 1.36. The smallest absolute Gasteiger partial charge is 0.271 e. The number of hydrogen-bond donors (Lipinski definition) is 1. The highest BCUT2D eigenvalue weighted by Gasteiger charge is 2.14. The minimum atomic E-state index is -0.499. The highest BCUT2D eigenvalue weighted by Crippen LogP contribution is 2.30. The van der Waals surface area contributed by atoms with E-state index in [2.05, 4.69) is 10.3 Å². The molecule has 140 valence electrons. The van der Waals surface area contributed by atoms with E-state index in [1.54, 1.807) is 0 Å². The van der Waals surface area contributed by atoms with Gasteiger partial charge in [0, 0.05) is 10.9 Å². The molecular formula is C20H13ClFN3O2S. The van der Waals surface area contributed by atoms with Gasteiger partial charge in [-0.1, -0.05) is 41.9 Å². The number of nitrogens with zero attached hydrogens (tertiary/aromatic N) is 2. The average Bonchev–Trinajstić information content (AvgIpc) is 3.12. The molecule has 2 aromatic heterocycles. The number of thiophene rings is 1. The highest BCUT2D eigenvalue weighted by atomic mass is 35.5. The van der Waals surface area contributed by atoms with Crippen molar-refractivity contribution in [3.05, 3.63) is 81.4 Å². The molecule has 0 aliphatic rings. The Morgan fingerprint density at radius 1 is 1.21 bits per heavy atom. The van der Waals surface area contributed by atoms with E-state index in [-0.39, 0.29) is 22.8 Å². The summed E-state index contributed by atoms with van der Waals surface area (Å²) in [7, 11) is 0. The summed E-state index contributed by atoms with van der Waals surface area (Å²) in [4.78, 5) is 29.4. The molecule has 0 radical (unpaired) electrons. The molecule has 0 aliphatic heterocycles. The summed E-state index contributed by atoms with van der Waals surface area (Å²) in [5, 5.41) is 4.54. The Kier molecular flexibility index (Phi) is 4.93. The van der Waals surface area contributed by atoms with Crippen molar-refractivity contribution in [2.45, 2.75) is 6.54 Å². The van der Waals surface area contributed by atoms with Crippen molar-refractivity contribution in [3.8, 4) is 11.1 Å². The SMILES string of the molecule is O=C(Cn1cnc2c(-c3ccccc3)csc2c1=O)Nc1ccc(F)cc1Cl. The second-order valence-electron chi connectivity index (χ2n) is 6.04. The van der Waals surface area contributed by atoms with E-state index in [9.17, 15) is 14.0 Å². The van der Waals surface area contributed by atoms with Gasteiger partial charge in [-0.25, -0.2) is 9.37 Å². The lowest BCUT2D eigenvalue weighted by molar-refractivity contribution is -0.116. The van der Waals surface area contributed by atoms with Crippen LogP contribution >= 0.6 is 22.9 Å². The van der Waals surface area contributed by atoms with E-state index in [0.29, 0.717) is 10.2 Å². The Balaban J connectivity index is 1.60. The van der Waals surface area contributed by atoms with Gasteiger partial charge < -0.3 is 5.32 Å². The minimum Gasteiger partial charge on any atom is -0.323 e. The van der Waals surface area contributed by atoms with Crippen LogP contribution in [0.3, 0.4) is 0 Å². The summed E-state index contributed by atoms with van der Waals surface area (Å²) >= 11 is 7.21. The van der Waals surface area contributed by atoms with Gasteiger partial charge in [0.2, 0.25) is 5.91 Å². The third-order valence-corrected chi connectivity index (χ3v) is 5.42. The van der Waals surface area contributed by atoms with E-state index >= 15 is 0 Å². The monoisotopic (exact) mass is 413 g/mol. The van der Waals surface area contributed by atoms with Crippen LogP contribution in [-0.2, 0) is 11.3 Å². The van der Waals surface area contributed by atoms with E-state index in [1.807, 2.05) is 35.7 Å². The van der Waals surface area contributed by atoms with Gasteiger partial charge in [-0.2, -0.15) is 0 Å². The molecule has 5 nitrogen and oxygen atoms in total. The Labute approximate surface area is 168 Å². The predicted octanol–water partition coefficient (Wildman–Crippen LogP) is 4.56. The number of aromatic nitrogens is 2. The molecule has 0 atom stereocenters. The maximum Gasteiger partial charge on any atom is 0.271 e. The number of amides is 1. The van der Waals surface area contributed by atoms with Crippen LogP contribution in [0.4, 0.5) is 10.1 Å². The topological polar surface area (TPSA) is 64.0 Å². The van der Waals surface area contributed by atoms with E-state index < -0.39 is 11.7 Å². The quantitative estimate of drug-likeness (QED) is 0.533. The van der Waals surface area contributed by atoms with Crippen molar-refractivity contribution in [1.29, 1.82) is 0 Å². The first-order chi connectivity index (χ1) is 13.5. The van der Waals surface area contributed by atoms with Crippen LogP contribution in [0.2, 0.25) is 5.02 Å². The third-order valence-electron chi connectivity index (χ3n) is 4.15. The zero-order valence-corrected chi connectivity index (χ0v) is 15.9. The van der Waals surface area contributed by atoms with Gasteiger partial charge in [0.05, 0.1) is 22.6 Å². The number of benzene rings is 2. The molecule has 0 saturated carbocycles. The maximum absolute atomic E-state index is 13.1. The van der Waals surface area contributed by atoms with Crippen LogP contribution in [0.25, 0.3) is 21.3 Å². The second kappa shape index (κ2) is 7.53. The van der Waals surface area contributed by atoms with Gasteiger partial charge in [-0.05, 0) is 23.8 Å². The number of carbonyl (C=O) groups is 1. The number of carbonyl (C=O) groups excluding carboxylic acids is 1. The third kappa shape index (κ3) is 3.54. The highest BCUT2D eigenvalue weighted by molar-refractivity contribution is 7.17. The van der Waals surface area contributed by atoms with E-state index in [1.165, 1.54) is 34.4 Å². The standard InChI is InChI=1S/C20H13ClFN3O2S/c21-15-8-13(22)6-7-16(15)24-17(26)9-25-11-23-18-14(10-28-19(18)20(25)27)12-4-2-1-3-5-12/h1-8,10-11H,9H2,(H,24,26). The van der Waals surface area contributed by atoms with Crippen LogP contribution in [-0.4, -0.2) is 15.5 Å². The van der Waals surface area contributed by atoms with Gasteiger partial charge in [-0.15, -0.1) is 11.3 Å². The molecule has 1 amide bonds. The molecule has 2 aromatic carbocycles. The lowest BCUT2D eigenvalue weighted by atomic mass is 10.1. The van der Waals surface area contributed by atoms with E-state index in [4.69, 9.17) is 11.6 Å². The number of nitrogens with one attached hydrogen (secondary N) is 1. The molecule has 0 fully saturated rings. The van der Waals surface area contributed by atoms with Crippen molar-refractivity contribution >= 4 is 44.7 Å². The van der Waals surface area contributed by atoms with E-state index in [0.717, 1.165) is 17.2 Å². The summed E-state index contributed by atoms with van der Waals surface area (Å²) in [5.41, 5.74) is 2.45. The molecule has 28 heavy (non-hydrogen) atoms. The number of rotatable bonds is 4. The molecular weight excluding hydrogens is 401 g/mol. The lowest BCUT2D eigenvalue weighted by Gasteiger charge is -2.09. The predicted molar refractivity (Wildman–Crippen MR) is 109 cm³/mol. The normalized spacial score (nSPS) is 10.9. The van der Waals surface area contributed by atoms with Crippen molar-refractivity contribution in [2.75, 3.05) is 5.32 Å². The van der Waals surface area contributed by atoms with Gasteiger partial charge in [0.15, 0.2) is 0 Å². The van der Waals surface area contributed by atoms with Crippen LogP contribution in [0, 0.1) is 5.82 Å². The fraction of sp³-hybridized carbons (Fsp3) is 0.0500. The fourth-order valence-electron chi connectivity index (χ4n) is 2.81. The molecule has 1 N–H and O–H groups in total. The van der Waals surface area contributed by atoms with Gasteiger partial charge in [0.25, 0.3) is 5.56 Å². The first kappa shape index (κ1) is 18.3. The van der Waals surface area contributed by atoms with Crippen LogP contribution in [0.15, 0.2) is 65.0 Å². The molecule has 0 bridgehead atoms. The molecule has 8 heteroatoms. The Bertz CT molecular complexity index is 1240. The summed E-state index contributed by atoms with van der Waals surface area (Å²) < 4.78 is 14.8. The van der Waals surface area contributed by atoms with Gasteiger partial charge in [0.1, 0.15) is 17.1 Å². The minimum absolute atomic E-state index is 0.0834. The Hall–Kier alpha value is -3.03. The number of hydrogen-bond acceptors (Lipinski definition) is 4. The average molecular weight is 414 g/mol. The second-order valence-corrected chi connectivity index (χ2v) is 7.33. The summed E-state index contributed by atoms with van der Waals surface area (Å²) in [5.74, 6) is -0.961. The number of halogens is 2. The molecule has 0 spiro atoms. The Morgan fingerprint density at radius 3 is 2.75 bits per heavy atom. The fourth-order valence-corrected chi connectivity index (χ4v) is 4.00. The largest absolute Gasteiger partial charge is 0.323 e. The molecule has 0 unspecified atom stereocenters. The number of fused-ring (bicyclic) bond motifs is 1. The van der Waals surface area contributed by atoms with Gasteiger partial charge >= 0.3 is 0 Å². The van der Waals surface area contributed by atoms with Crippen molar-refractivity contribution in [2.24, 2.45) is 0 Å². The van der Waals surface area contributed by atoms with Crippen LogP contribution < -0.4 is 10.9 Å². The maximum atomic E-state index is 13.1. The summed E-state index contributed by atoms with van der Waals surface area (Å²) in [6, 6.07) is 13.3. The van der Waals surface area contributed by atoms with Crippen LogP contribution in [0.1, 0.15) is 0 Å². The lowest BCUT2D eigenvalue weighted by Crippen LogP contribution is -2.27. The Morgan fingerprint density at radius 2 is 2.00 bits per heavy atom. The zero-order valence-electron chi connectivity index (χ0n) is 14.4. The van der Waals surface area contributed by atoms with Crippen molar-refractivity contribution in [1.82, 2.24) is 9.55 Å². The van der Waals surface area contributed by atoms with Crippen molar-refractivity contribution in [3.63, 3.8) is 0 Å². The first-order valence-corrected chi connectivity index (χ1v) is 9.55. The van der Waals surface area contributed by atoms with Crippen molar-refractivity contribution < 1.29 is 9.18 Å². The number of anilines is 1. The molecule has 0 saturated heterocycles.